The Bertz CT molecular complexity index is 772. The highest BCUT2D eigenvalue weighted by molar-refractivity contribution is 5.86. The molecule has 0 aliphatic rings. The van der Waals surface area contributed by atoms with E-state index in [1.54, 1.807) is 0 Å². The van der Waals surface area contributed by atoms with Crippen molar-refractivity contribution in [2.75, 3.05) is 0 Å². The van der Waals surface area contributed by atoms with Crippen molar-refractivity contribution in [1.82, 2.24) is 4.98 Å². The molecule has 1 heterocycles. The maximum atomic E-state index is 4.98. The lowest BCUT2D eigenvalue weighted by Gasteiger charge is -2.12. The second kappa shape index (κ2) is 5.09. The summed E-state index contributed by atoms with van der Waals surface area (Å²) in [4.78, 5) is 4.98. The largest absolute Gasteiger partial charge is 0.247 e. The molecule has 0 fully saturated rings. The molecule has 0 atom stereocenters. The van der Waals surface area contributed by atoms with Crippen LogP contribution < -0.4 is 0 Å². The minimum absolute atomic E-state index is 1.00. The number of rotatable bonds is 2. The summed E-state index contributed by atoms with van der Waals surface area (Å²) >= 11 is 0. The van der Waals surface area contributed by atoms with Gasteiger partial charge >= 0.3 is 0 Å². The van der Waals surface area contributed by atoms with E-state index in [0.717, 1.165) is 17.6 Å². The van der Waals surface area contributed by atoms with Crippen molar-refractivity contribution < 1.29 is 0 Å². The van der Waals surface area contributed by atoms with E-state index in [4.69, 9.17) is 4.98 Å². The van der Waals surface area contributed by atoms with E-state index in [-0.39, 0.29) is 0 Å². The Morgan fingerprint density at radius 3 is 2.40 bits per heavy atom. The van der Waals surface area contributed by atoms with E-state index < -0.39 is 0 Å². The Labute approximate surface area is 120 Å². The molecule has 0 radical (unpaired) electrons. The third-order valence-electron chi connectivity index (χ3n) is 3.91. The van der Waals surface area contributed by atoms with Gasteiger partial charge in [-0.1, -0.05) is 49.4 Å². The number of nitrogens with zero attached hydrogens (tertiary/aromatic N) is 1. The number of aromatic nitrogens is 1. The van der Waals surface area contributed by atoms with Crippen LogP contribution in [0.1, 0.15) is 23.6 Å². The molecule has 0 unspecified atom stereocenters. The van der Waals surface area contributed by atoms with E-state index in [0.29, 0.717) is 0 Å². The van der Waals surface area contributed by atoms with Gasteiger partial charge in [-0.15, -0.1) is 0 Å². The first-order chi connectivity index (χ1) is 9.70. The quantitative estimate of drug-likeness (QED) is 0.626. The predicted molar refractivity (Wildman–Crippen MR) is 86.0 cm³/mol. The van der Waals surface area contributed by atoms with Crippen molar-refractivity contribution in [3.05, 3.63) is 65.2 Å². The molecule has 0 bridgehead atoms. The Kier molecular flexibility index (Phi) is 3.27. The molecule has 1 nitrogen and oxygen atoms in total. The third-order valence-corrected chi connectivity index (χ3v) is 3.91. The maximum absolute atomic E-state index is 4.98. The Morgan fingerprint density at radius 2 is 1.65 bits per heavy atom. The topological polar surface area (TPSA) is 12.9 Å². The number of hydrogen-bond donors (Lipinski definition) is 0. The lowest BCUT2D eigenvalue weighted by atomic mass is 9.97. The number of pyridine rings is 1. The molecule has 0 aliphatic heterocycles. The van der Waals surface area contributed by atoms with Crippen molar-refractivity contribution in [1.29, 1.82) is 0 Å². The fourth-order valence-electron chi connectivity index (χ4n) is 2.73. The molecule has 1 heteroatoms. The van der Waals surface area contributed by atoms with E-state index in [1.807, 2.05) is 0 Å². The highest BCUT2D eigenvalue weighted by atomic mass is 14.7. The molecule has 0 spiro atoms. The number of hydrogen-bond acceptors (Lipinski definition) is 1. The zero-order valence-electron chi connectivity index (χ0n) is 12.3. The zero-order valence-corrected chi connectivity index (χ0v) is 12.3. The molecule has 2 aromatic carbocycles. The number of para-hydroxylation sites is 1. The smallest absolute Gasteiger partial charge is 0.0744 e. The number of aryl methyl sites for hydroxylation is 3. The van der Waals surface area contributed by atoms with Crippen LogP contribution in [-0.2, 0) is 6.42 Å². The van der Waals surface area contributed by atoms with E-state index in [9.17, 15) is 0 Å². The van der Waals surface area contributed by atoms with Crippen LogP contribution in [0.2, 0.25) is 0 Å². The van der Waals surface area contributed by atoms with Crippen LogP contribution in [0.5, 0.6) is 0 Å². The minimum Gasteiger partial charge on any atom is -0.247 e. The van der Waals surface area contributed by atoms with Crippen LogP contribution in [0.25, 0.3) is 22.2 Å². The molecular formula is C19H19N. The lowest BCUT2D eigenvalue weighted by Crippen LogP contribution is -1.96. The molecule has 0 aliphatic carbocycles. The fraction of sp³-hybridized carbons (Fsp3) is 0.211. The number of benzene rings is 2. The third kappa shape index (κ3) is 2.09. The molecule has 0 N–H and O–H groups in total. The molecular weight excluding hydrogens is 242 g/mol. The van der Waals surface area contributed by atoms with Crippen molar-refractivity contribution in [3.8, 4) is 11.3 Å². The maximum Gasteiger partial charge on any atom is 0.0744 e. The van der Waals surface area contributed by atoms with E-state index >= 15 is 0 Å². The zero-order chi connectivity index (χ0) is 14.1. The van der Waals surface area contributed by atoms with Gasteiger partial charge in [0.1, 0.15) is 0 Å². The van der Waals surface area contributed by atoms with Gasteiger partial charge < -0.3 is 0 Å². The van der Waals surface area contributed by atoms with Gasteiger partial charge in [-0.2, -0.15) is 0 Å². The molecule has 3 rings (SSSR count). The molecule has 0 saturated carbocycles. The van der Waals surface area contributed by atoms with Crippen LogP contribution in [0.3, 0.4) is 0 Å². The van der Waals surface area contributed by atoms with Crippen molar-refractivity contribution in [2.45, 2.75) is 27.2 Å². The molecule has 3 aromatic rings. The predicted octanol–water partition coefficient (Wildman–Crippen LogP) is 5.08. The van der Waals surface area contributed by atoms with Gasteiger partial charge in [0.25, 0.3) is 0 Å². The summed E-state index contributed by atoms with van der Waals surface area (Å²) in [6, 6.07) is 17.2. The minimum atomic E-state index is 1.00. The Hall–Kier alpha value is -2.15. The van der Waals surface area contributed by atoms with E-state index in [1.165, 1.54) is 27.6 Å². The summed E-state index contributed by atoms with van der Waals surface area (Å²) in [6.45, 7) is 6.47. The van der Waals surface area contributed by atoms with Gasteiger partial charge in [0.2, 0.25) is 0 Å². The van der Waals surface area contributed by atoms with Crippen LogP contribution >= 0.6 is 0 Å². The van der Waals surface area contributed by atoms with E-state index in [2.05, 4.69) is 69.3 Å². The van der Waals surface area contributed by atoms with Crippen molar-refractivity contribution in [2.24, 2.45) is 0 Å². The van der Waals surface area contributed by atoms with Crippen LogP contribution in [-0.4, -0.2) is 4.98 Å². The number of fused-ring (bicyclic) bond motifs is 1. The summed E-state index contributed by atoms with van der Waals surface area (Å²) in [5.41, 5.74) is 7.32. The first kappa shape index (κ1) is 12.9. The van der Waals surface area contributed by atoms with Crippen LogP contribution in [0.15, 0.2) is 48.5 Å². The first-order valence-corrected chi connectivity index (χ1v) is 7.16. The highest BCUT2D eigenvalue weighted by Crippen LogP contribution is 2.29. The van der Waals surface area contributed by atoms with Gasteiger partial charge in [-0.05, 0) is 43.0 Å². The fourth-order valence-corrected chi connectivity index (χ4v) is 2.73. The molecule has 1 aromatic heterocycles. The van der Waals surface area contributed by atoms with Crippen LogP contribution in [0, 0.1) is 13.8 Å². The first-order valence-electron chi connectivity index (χ1n) is 7.16. The molecule has 20 heavy (non-hydrogen) atoms. The summed E-state index contributed by atoms with van der Waals surface area (Å²) in [7, 11) is 0. The normalized spacial score (nSPS) is 10.9. The lowest BCUT2D eigenvalue weighted by molar-refractivity contribution is 1.12. The Balaban J connectivity index is 2.34. The highest BCUT2D eigenvalue weighted by Gasteiger charge is 2.10. The average Bonchev–Trinajstić information content (AvgIpc) is 2.47. The second-order valence-corrected chi connectivity index (χ2v) is 5.31. The Morgan fingerprint density at radius 1 is 0.900 bits per heavy atom. The van der Waals surface area contributed by atoms with Gasteiger partial charge in [-0.3, -0.25) is 0 Å². The van der Waals surface area contributed by atoms with Gasteiger partial charge in [-0.25, -0.2) is 4.98 Å². The van der Waals surface area contributed by atoms with Gasteiger partial charge in [0.15, 0.2) is 0 Å². The molecule has 0 amide bonds. The summed E-state index contributed by atoms with van der Waals surface area (Å²) in [5, 5.41) is 1.24. The summed E-state index contributed by atoms with van der Waals surface area (Å²) < 4.78 is 0. The van der Waals surface area contributed by atoms with Crippen LogP contribution in [0.4, 0.5) is 0 Å². The second-order valence-electron chi connectivity index (χ2n) is 5.31. The van der Waals surface area contributed by atoms with Gasteiger partial charge in [0, 0.05) is 10.9 Å². The average molecular weight is 261 g/mol. The summed E-state index contributed by atoms with van der Waals surface area (Å²) in [5.74, 6) is 0. The monoisotopic (exact) mass is 261 g/mol. The summed E-state index contributed by atoms with van der Waals surface area (Å²) in [6.07, 6.45) is 1.00. The molecule has 0 saturated heterocycles. The standard InChI is InChI=1S/C19H19N/c1-4-15-12-16-10-7-9-14(3)18(16)20-19(15)17-11-6-5-8-13(17)2/h5-12H,4H2,1-3H3. The van der Waals surface area contributed by atoms with Crippen molar-refractivity contribution in [3.63, 3.8) is 0 Å². The molecule has 100 valence electrons. The van der Waals surface area contributed by atoms with Gasteiger partial charge in [0.05, 0.1) is 11.2 Å². The SMILES string of the molecule is CCc1cc2cccc(C)c2nc1-c1ccccc1C. The van der Waals surface area contributed by atoms with Crippen molar-refractivity contribution >= 4 is 10.9 Å².